The van der Waals surface area contributed by atoms with Crippen molar-refractivity contribution < 1.29 is 22.3 Å². The van der Waals surface area contributed by atoms with Crippen LogP contribution < -0.4 is 9.64 Å². The molecule has 1 amide bonds. The van der Waals surface area contributed by atoms with Crippen molar-refractivity contribution in [1.29, 1.82) is 0 Å². The van der Waals surface area contributed by atoms with Gasteiger partial charge in [0.1, 0.15) is 24.1 Å². The molecule has 11 heteroatoms. The highest BCUT2D eigenvalue weighted by Crippen LogP contribution is 2.38. The van der Waals surface area contributed by atoms with Gasteiger partial charge in [0.05, 0.1) is 10.6 Å². The third kappa shape index (κ3) is 4.62. The number of ether oxygens (including phenoxy) is 1. The summed E-state index contributed by atoms with van der Waals surface area (Å²) in [6, 6.07) is 4.24. The van der Waals surface area contributed by atoms with E-state index in [1.54, 1.807) is 17.2 Å². The molecule has 166 valence electrons. The highest BCUT2D eigenvalue weighted by Gasteiger charge is 2.28. The van der Waals surface area contributed by atoms with Gasteiger partial charge in [0.25, 0.3) is 5.24 Å². The van der Waals surface area contributed by atoms with Crippen LogP contribution in [-0.2, 0) is 16.3 Å². The lowest BCUT2D eigenvalue weighted by Gasteiger charge is -2.31. The molecule has 0 spiro atoms. The number of amides is 1. The predicted molar refractivity (Wildman–Crippen MR) is 116 cm³/mol. The van der Waals surface area contributed by atoms with Gasteiger partial charge in [-0.05, 0) is 30.4 Å². The van der Waals surface area contributed by atoms with Crippen LogP contribution in [0.15, 0.2) is 29.4 Å². The molecule has 0 saturated carbocycles. The number of carbonyl (C=O) groups excluding carboxylic acids is 1. The number of rotatable bonds is 4. The van der Waals surface area contributed by atoms with E-state index in [1.807, 2.05) is 4.90 Å². The number of fused-ring (bicyclic) bond motifs is 1. The maximum absolute atomic E-state index is 14.8. The summed E-state index contributed by atoms with van der Waals surface area (Å²) in [6.45, 7) is 1.75. The largest absolute Gasteiger partial charge is 0.474 e. The van der Waals surface area contributed by atoms with Crippen LogP contribution in [0.4, 0.5) is 20.7 Å². The fraction of sp³-hybridized carbons (Fsp3) is 0.450. The number of hydrogen-bond acceptors (Lipinski definition) is 8. The monoisotopic (exact) mass is 466 g/mol. The first-order chi connectivity index (χ1) is 14.8. The van der Waals surface area contributed by atoms with Crippen molar-refractivity contribution in [3.05, 3.63) is 35.9 Å². The fourth-order valence-corrected chi connectivity index (χ4v) is 5.02. The minimum Gasteiger partial charge on any atom is -0.474 e. The van der Waals surface area contributed by atoms with E-state index >= 15 is 0 Å². The van der Waals surface area contributed by atoms with Crippen molar-refractivity contribution in [2.24, 2.45) is 0 Å². The van der Waals surface area contributed by atoms with E-state index in [0.29, 0.717) is 61.8 Å². The zero-order chi connectivity index (χ0) is 22.2. The third-order valence-corrected chi connectivity index (χ3v) is 7.18. The van der Waals surface area contributed by atoms with Crippen LogP contribution in [-0.4, -0.2) is 66.8 Å². The number of aromatic nitrogens is 2. The Hall–Kier alpha value is -2.40. The number of benzene rings is 1. The normalized spacial score (nSPS) is 17.0. The van der Waals surface area contributed by atoms with E-state index < -0.39 is 15.7 Å². The minimum atomic E-state index is -3.49. The van der Waals surface area contributed by atoms with Gasteiger partial charge in [0, 0.05) is 44.8 Å². The Bertz CT molecular complexity index is 1100. The Morgan fingerprint density at radius 3 is 2.61 bits per heavy atom. The number of likely N-dealkylation sites (tertiary alicyclic amines) is 1. The van der Waals surface area contributed by atoms with Crippen LogP contribution in [0.2, 0.25) is 0 Å². The number of hydrogen-bond donors (Lipinski definition) is 0. The summed E-state index contributed by atoms with van der Waals surface area (Å²) in [5.41, 5.74) is 0.966. The molecule has 3 heterocycles. The average Bonchev–Trinajstić information content (AvgIpc) is 3.18. The van der Waals surface area contributed by atoms with E-state index in [-0.39, 0.29) is 16.2 Å². The molecular formula is C20H23FN4O4S2. The highest BCUT2D eigenvalue weighted by molar-refractivity contribution is 8.12. The van der Waals surface area contributed by atoms with Gasteiger partial charge in [-0.3, -0.25) is 4.79 Å². The Balaban J connectivity index is 1.50. The quantitative estimate of drug-likeness (QED) is 0.679. The van der Waals surface area contributed by atoms with Crippen LogP contribution in [0.3, 0.4) is 0 Å². The number of carbonyl (C=O) groups is 1. The van der Waals surface area contributed by atoms with Crippen molar-refractivity contribution in [3.8, 4) is 5.88 Å². The second-order valence-electron chi connectivity index (χ2n) is 7.58. The molecule has 8 nitrogen and oxygen atoms in total. The highest BCUT2D eigenvalue weighted by atomic mass is 32.2. The van der Waals surface area contributed by atoms with Gasteiger partial charge in [-0.2, -0.15) is 0 Å². The van der Waals surface area contributed by atoms with Crippen LogP contribution in [0, 0.1) is 5.82 Å². The summed E-state index contributed by atoms with van der Waals surface area (Å²) in [5.74, 6) is 0.286. The standard InChI is InChI=1S/C20H23FN4O4S2/c1-30-20(26)24-6-4-14(5-7-24)29-18-11-17(22-12-23-18)25-8-3-13-9-15(31(2,27)28)10-16(21)19(13)25/h9-12,14H,3-8H2,1-2H3. The number of anilines is 2. The van der Waals surface area contributed by atoms with E-state index in [2.05, 4.69) is 9.97 Å². The number of nitrogens with zero attached hydrogens (tertiary/aromatic N) is 4. The summed E-state index contributed by atoms with van der Waals surface area (Å²) < 4.78 is 44.4. The third-order valence-electron chi connectivity index (χ3n) is 5.48. The summed E-state index contributed by atoms with van der Waals surface area (Å²) in [7, 11) is -3.49. The molecule has 2 aliphatic rings. The number of thioether (sulfide) groups is 1. The summed E-state index contributed by atoms with van der Waals surface area (Å²) in [6.07, 6.45) is 6.08. The zero-order valence-electron chi connectivity index (χ0n) is 17.2. The van der Waals surface area contributed by atoms with E-state index in [9.17, 15) is 17.6 Å². The Labute approximate surface area is 184 Å². The molecule has 0 radical (unpaired) electrons. The van der Waals surface area contributed by atoms with Crippen molar-refractivity contribution >= 4 is 38.3 Å². The van der Waals surface area contributed by atoms with Gasteiger partial charge in [0.2, 0.25) is 5.88 Å². The summed E-state index contributed by atoms with van der Waals surface area (Å²) in [5, 5.41) is 0.0662. The summed E-state index contributed by atoms with van der Waals surface area (Å²) in [4.78, 5) is 23.7. The molecule has 0 unspecified atom stereocenters. The van der Waals surface area contributed by atoms with E-state index in [0.717, 1.165) is 12.3 Å². The molecule has 0 atom stereocenters. The molecule has 0 N–H and O–H groups in total. The number of sulfone groups is 1. The lowest BCUT2D eigenvalue weighted by atomic mass is 10.1. The molecular weight excluding hydrogens is 443 g/mol. The predicted octanol–water partition coefficient (Wildman–Crippen LogP) is 3.04. The van der Waals surface area contributed by atoms with Crippen LogP contribution in [0.1, 0.15) is 18.4 Å². The molecule has 2 aromatic rings. The zero-order valence-corrected chi connectivity index (χ0v) is 18.9. The SMILES string of the molecule is CSC(=O)N1CCC(Oc2cc(N3CCc4cc(S(C)(=O)=O)cc(F)c43)ncn2)CC1. The first-order valence-electron chi connectivity index (χ1n) is 9.88. The lowest BCUT2D eigenvalue weighted by Crippen LogP contribution is -2.40. The maximum atomic E-state index is 14.8. The summed E-state index contributed by atoms with van der Waals surface area (Å²) >= 11 is 1.21. The van der Waals surface area contributed by atoms with E-state index in [4.69, 9.17) is 4.74 Å². The van der Waals surface area contributed by atoms with Gasteiger partial charge in [-0.25, -0.2) is 22.8 Å². The first kappa shape index (κ1) is 21.8. The van der Waals surface area contributed by atoms with E-state index in [1.165, 1.54) is 24.2 Å². The van der Waals surface area contributed by atoms with Gasteiger partial charge in [0.15, 0.2) is 9.84 Å². The second kappa shape index (κ2) is 8.62. The molecule has 0 aliphatic carbocycles. The second-order valence-corrected chi connectivity index (χ2v) is 10.3. The molecule has 31 heavy (non-hydrogen) atoms. The fourth-order valence-electron chi connectivity index (χ4n) is 3.91. The minimum absolute atomic E-state index is 0.0244. The van der Waals surface area contributed by atoms with Crippen LogP contribution in [0.25, 0.3) is 0 Å². The molecule has 1 aromatic heterocycles. The number of piperidine rings is 1. The smallest absolute Gasteiger partial charge is 0.281 e. The van der Waals surface area contributed by atoms with Crippen molar-refractivity contribution in [2.75, 3.05) is 37.0 Å². The van der Waals surface area contributed by atoms with Gasteiger partial charge < -0.3 is 14.5 Å². The van der Waals surface area contributed by atoms with Crippen molar-refractivity contribution in [3.63, 3.8) is 0 Å². The molecule has 2 aliphatic heterocycles. The Kier molecular flexibility index (Phi) is 6.07. The first-order valence-corrected chi connectivity index (χ1v) is 13.0. The van der Waals surface area contributed by atoms with Gasteiger partial charge in [-0.1, -0.05) is 11.8 Å². The number of halogens is 1. The van der Waals surface area contributed by atoms with Crippen molar-refractivity contribution in [2.45, 2.75) is 30.3 Å². The molecule has 0 bridgehead atoms. The molecule has 4 rings (SSSR count). The topological polar surface area (TPSA) is 92.7 Å². The Morgan fingerprint density at radius 2 is 1.94 bits per heavy atom. The van der Waals surface area contributed by atoms with Crippen LogP contribution in [0.5, 0.6) is 5.88 Å². The molecule has 1 aromatic carbocycles. The van der Waals surface area contributed by atoms with Gasteiger partial charge >= 0.3 is 0 Å². The van der Waals surface area contributed by atoms with Crippen molar-refractivity contribution in [1.82, 2.24) is 14.9 Å². The lowest BCUT2D eigenvalue weighted by molar-refractivity contribution is 0.115. The maximum Gasteiger partial charge on any atom is 0.281 e. The average molecular weight is 467 g/mol. The Morgan fingerprint density at radius 1 is 1.19 bits per heavy atom. The molecule has 1 saturated heterocycles. The van der Waals surface area contributed by atoms with Gasteiger partial charge in [-0.15, -0.1) is 0 Å². The molecule has 1 fully saturated rings. The van der Waals surface area contributed by atoms with Crippen LogP contribution >= 0.6 is 11.8 Å².